The molecule has 0 saturated carbocycles. The molecule has 0 aliphatic carbocycles. The van der Waals surface area contributed by atoms with Crippen LogP contribution in [0.3, 0.4) is 0 Å². The van der Waals surface area contributed by atoms with Crippen LogP contribution < -0.4 is 10.2 Å². The fourth-order valence-electron chi connectivity index (χ4n) is 3.83. The summed E-state index contributed by atoms with van der Waals surface area (Å²) >= 11 is 12.1. The predicted octanol–water partition coefficient (Wildman–Crippen LogP) is 5.20. The summed E-state index contributed by atoms with van der Waals surface area (Å²) in [6, 6.07) is 15.4. The Balaban J connectivity index is 1.47. The Morgan fingerprint density at radius 3 is 2.35 bits per heavy atom. The normalized spacial score (nSPS) is 14.8. The van der Waals surface area contributed by atoms with Crippen molar-refractivity contribution < 1.29 is 17.6 Å². The lowest BCUT2D eigenvalue weighted by molar-refractivity contribution is 0.102. The van der Waals surface area contributed by atoms with Crippen LogP contribution in [-0.4, -0.2) is 44.8 Å². The number of benzene rings is 3. The molecule has 3 aromatic carbocycles. The van der Waals surface area contributed by atoms with Gasteiger partial charge in [-0.25, -0.2) is 12.8 Å². The molecule has 0 bridgehead atoms. The average Bonchev–Trinajstić information content (AvgIpc) is 2.82. The third-order valence-electron chi connectivity index (χ3n) is 5.70. The SMILES string of the molecule is Cc1ccc(Cl)cc1N1CCN(S(=O)(=O)c2ccc(NC(=O)c3ccccc3Cl)c(F)c2)CC1. The zero-order valence-electron chi connectivity index (χ0n) is 18.3. The van der Waals surface area contributed by atoms with Crippen molar-refractivity contribution in [2.24, 2.45) is 0 Å². The maximum absolute atomic E-state index is 14.7. The second-order valence-electron chi connectivity index (χ2n) is 7.90. The minimum atomic E-state index is -3.91. The van der Waals surface area contributed by atoms with Crippen LogP contribution in [-0.2, 0) is 10.0 Å². The van der Waals surface area contributed by atoms with Gasteiger partial charge in [0.05, 0.1) is 21.2 Å². The molecule has 1 saturated heterocycles. The zero-order valence-corrected chi connectivity index (χ0v) is 20.6. The summed E-state index contributed by atoms with van der Waals surface area (Å²) in [6.07, 6.45) is 0. The van der Waals surface area contributed by atoms with Crippen molar-refractivity contribution in [3.63, 3.8) is 0 Å². The maximum Gasteiger partial charge on any atom is 0.257 e. The molecule has 0 aromatic heterocycles. The van der Waals surface area contributed by atoms with Crippen molar-refractivity contribution in [3.8, 4) is 0 Å². The third-order valence-corrected chi connectivity index (χ3v) is 8.15. The summed E-state index contributed by atoms with van der Waals surface area (Å²) in [5, 5.41) is 3.28. The number of piperazine rings is 1. The van der Waals surface area contributed by atoms with E-state index in [9.17, 15) is 17.6 Å². The Morgan fingerprint density at radius 2 is 1.68 bits per heavy atom. The van der Waals surface area contributed by atoms with Gasteiger partial charge in [0.25, 0.3) is 5.91 Å². The standard InChI is InChI=1S/C24H22Cl2FN3O3S/c1-16-6-7-17(25)14-23(16)29-10-12-30(13-11-29)34(32,33)18-8-9-22(21(27)15-18)28-24(31)19-4-2-3-5-20(19)26/h2-9,14-15H,10-13H2,1H3,(H,28,31). The molecule has 0 atom stereocenters. The molecule has 1 N–H and O–H groups in total. The van der Waals surface area contributed by atoms with Gasteiger partial charge in [-0.05, 0) is 55.0 Å². The van der Waals surface area contributed by atoms with E-state index >= 15 is 0 Å². The molecule has 1 fully saturated rings. The second kappa shape index (κ2) is 9.92. The minimum absolute atomic E-state index is 0.134. The molecule has 34 heavy (non-hydrogen) atoms. The van der Waals surface area contributed by atoms with Crippen molar-refractivity contribution in [1.29, 1.82) is 0 Å². The Kier molecular flexibility index (Phi) is 7.14. The first-order chi connectivity index (χ1) is 16.2. The fourth-order valence-corrected chi connectivity index (χ4v) is 5.66. The number of hydrogen-bond donors (Lipinski definition) is 1. The largest absolute Gasteiger partial charge is 0.369 e. The molecule has 0 radical (unpaired) electrons. The highest BCUT2D eigenvalue weighted by Gasteiger charge is 2.30. The summed E-state index contributed by atoms with van der Waals surface area (Å²) in [6.45, 7) is 3.44. The summed E-state index contributed by atoms with van der Waals surface area (Å²) in [5.74, 6) is -1.44. The van der Waals surface area contributed by atoms with E-state index in [4.69, 9.17) is 23.2 Å². The molecular weight excluding hydrogens is 500 g/mol. The van der Waals surface area contributed by atoms with Crippen molar-refractivity contribution in [2.75, 3.05) is 36.4 Å². The number of halogens is 3. The van der Waals surface area contributed by atoms with E-state index in [2.05, 4.69) is 10.2 Å². The molecule has 0 spiro atoms. The monoisotopic (exact) mass is 521 g/mol. The smallest absolute Gasteiger partial charge is 0.257 e. The van der Waals surface area contributed by atoms with Crippen molar-refractivity contribution in [3.05, 3.63) is 87.7 Å². The first-order valence-corrected chi connectivity index (χ1v) is 12.7. The highest BCUT2D eigenvalue weighted by atomic mass is 35.5. The summed E-state index contributed by atoms with van der Waals surface area (Å²) in [7, 11) is -3.91. The lowest BCUT2D eigenvalue weighted by atomic mass is 10.1. The maximum atomic E-state index is 14.7. The number of carbonyl (C=O) groups is 1. The van der Waals surface area contributed by atoms with E-state index in [0.29, 0.717) is 18.1 Å². The quantitative estimate of drug-likeness (QED) is 0.500. The second-order valence-corrected chi connectivity index (χ2v) is 10.7. The number of hydrogen-bond acceptors (Lipinski definition) is 4. The van der Waals surface area contributed by atoms with Crippen LogP contribution in [0.2, 0.25) is 10.0 Å². The van der Waals surface area contributed by atoms with Gasteiger partial charge in [0, 0.05) is 36.9 Å². The van der Waals surface area contributed by atoms with Crippen LogP contribution in [0.4, 0.5) is 15.8 Å². The molecule has 178 valence electrons. The summed E-state index contributed by atoms with van der Waals surface area (Å²) in [4.78, 5) is 14.3. The number of amides is 1. The van der Waals surface area contributed by atoms with Crippen LogP contribution in [0.15, 0.2) is 65.6 Å². The number of anilines is 2. The number of nitrogens with one attached hydrogen (secondary N) is 1. The van der Waals surface area contributed by atoms with E-state index in [1.165, 1.54) is 22.5 Å². The van der Waals surface area contributed by atoms with Crippen LogP contribution in [0.25, 0.3) is 0 Å². The van der Waals surface area contributed by atoms with E-state index in [1.807, 2.05) is 25.1 Å². The number of rotatable bonds is 5. The Morgan fingerprint density at radius 1 is 0.971 bits per heavy atom. The molecule has 3 aromatic rings. The average molecular weight is 522 g/mol. The zero-order chi connectivity index (χ0) is 24.5. The van der Waals surface area contributed by atoms with Gasteiger partial charge in [-0.2, -0.15) is 4.31 Å². The Hall–Kier alpha value is -2.65. The predicted molar refractivity (Wildman–Crippen MR) is 133 cm³/mol. The molecule has 1 aliphatic heterocycles. The number of carbonyl (C=O) groups excluding carboxylic acids is 1. The van der Waals surface area contributed by atoms with Gasteiger partial charge in [0.15, 0.2) is 0 Å². The number of nitrogens with zero attached hydrogens (tertiary/aromatic N) is 2. The lowest BCUT2D eigenvalue weighted by Gasteiger charge is -2.36. The number of aryl methyl sites for hydroxylation is 1. The molecular formula is C24H22Cl2FN3O3S. The van der Waals surface area contributed by atoms with E-state index in [0.717, 1.165) is 17.3 Å². The van der Waals surface area contributed by atoms with Gasteiger partial charge in [0.2, 0.25) is 10.0 Å². The van der Waals surface area contributed by atoms with Crippen LogP contribution >= 0.6 is 23.2 Å². The van der Waals surface area contributed by atoms with E-state index < -0.39 is 21.7 Å². The van der Waals surface area contributed by atoms with Crippen LogP contribution in [0.1, 0.15) is 15.9 Å². The van der Waals surface area contributed by atoms with Gasteiger partial charge < -0.3 is 10.2 Å². The molecule has 6 nitrogen and oxygen atoms in total. The molecule has 0 unspecified atom stereocenters. The van der Waals surface area contributed by atoms with Gasteiger partial charge in [-0.15, -0.1) is 0 Å². The topological polar surface area (TPSA) is 69.7 Å². The van der Waals surface area contributed by atoms with Gasteiger partial charge in [-0.1, -0.05) is 41.4 Å². The third kappa shape index (κ3) is 5.05. The molecule has 1 heterocycles. The lowest BCUT2D eigenvalue weighted by Crippen LogP contribution is -2.48. The Bertz CT molecular complexity index is 1340. The fraction of sp³-hybridized carbons (Fsp3) is 0.208. The highest BCUT2D eigenvalue weighted by molar-refractivity contribution is 7.89. The van der Waals surface area contributed by atoms with E-state index in [1.54, 1.807) is 18.2 Å². The van der Waals surface area contributed by atoms with Crippen LogP contribution in [0, 0.1) is 12.7 Å². The summed E-state index contributed by atoms with van der Waals surface area (Å²) in [5.41, 5.74) is 2.07. The number of sulfonamides is 1. The van der Waals surface area contributed by atoms with E-state index in [-0.39, 0.29) is 34.3 Å². The van der Waals surface area contributed by atoms with Crippen molar-refractivity contribution >= 4 is 50.5 Å². The molecule has 1 amide bonds. The first-order valence-electron chi connectivity index (χ1n) is 10.5. The highest BCUT2D eigenvalue weighted by Crippen LogP contribution is 2.28. The van der Waals surface area contributed by atoms with Gasteiger partial charge >= 0.3 is 0 Å². The Labute approximate surface area is 207 Å². The first kappa shape index (κ1) is 24.5. The molecule has 4 rings (SSSR count). The molecule has 10 heteroatoms. The van der Waals surface area contributed by atoms with Crippen LogP contribution in [0.5, 0.6) is 0 Å². The van der Waals surface area contributed by atoms with Gasteiger partial charge in [0.1, 0.15) is 5.82 Å². The summed E-state index contributed by atoms with van der Waals surface area (Å²) < 4.78 is 42.3. The van der Waals surface area contributed by atoms with Crippen molar-refractivity contribution in [2.45, 2.75) is 11.8 Å². The van der Waals surface area contributed by atoms with Gasteiger partial charge in [-0.3, -0.25) is 4.79 Å². The molecule has 1 aliphatic rings. The van der Waals surface area contributed by atoms with Crippen molar-refractivity contribution in [1.82, 2.24) is 4.31 Å². The minimum Gasteiger partial charge on any atom is -0.369 e.